The number of benzene rings is 2. The maximum Gasteiger partial charge on any atom is 0.280 e. The number of hydrogen-bond acceptors (Lipinski definition) is 5. The Bertz CT molecular complexity index is 2010. The number of rotatable bonds is 7. The first kappa shape index (κ1) is 26.4. The average Bonchev–Trinajstić information content (AvgIpc) is 3.47. The van der Waals surface area contributed by atoms with E-state index in [0.29, 0.717) is 6.04 Å². The molecule has 44 heavy (non-hydrogen) atoms. The lowest BCUT2D eigenvalue weighted by molar-refractivity contribution is 0.0935. The molecule has 1 amide bonds. The molecule has 0 bridgehead atoms. The van der Waals surface area contributed by atoms with Crippen LogP contribution < -0.4 is 5.32 Å². The summed E-state index contributed by atoms with van der Waals surface area (Å²) in [6.45, 7) is 0. The summed E-state index contributed by atoms with van der Waals surface area (Å²) < 4.78 is 29.9. The Morgan fingerprint density at radius 2 is 1.77 bits per heavy atom. The first-order valence-electron chi connectivity index (χ1n) is 14.7. The van der Waals surface area contributed by atoms with E-state index in [4.69, 9.17) is 15.1 Å². The molecule has 8 rings (SSSR count). The molecule has 0 spiro atoms. The molecule has 10 heteroatoms. The van der Waals surface area contributed by atoms with Crippen LogP contribution in [0.15, 0.2) is 91.3 Å². The SMILES string of the molecule is O=C(N[C@H]1CCc2cc(-n3c(-c4ccccc4)nc4ccc(-c5ccn(C6CC6)n5)nc43)ccc21)c1ccc(C(F)F)nc1. The number of fused-ring (bicyclic) bond motifs is 2. The standard InChI is InChI=1S/C34H27F2N7O/c35-31(36)29-13-7-22(19-37-29)34(44)40-26-12-6-21-18-24(10-11-25(21)26)43-32(20-4-2-1-3-5-20)39-30-15-14-27(38-33(30)43)28-16-17-42(41-28)23-8-9-23/h1-5,7,10-11,13-19,23,26,31H,6,8-9,12H2,(H,40,44)/t26-/m0/s1. The van der Waals surface area contributed by atoms with Gasteiger partial charge in [0.1, 0.15) is 22.7 Å². The van der Waals surface area contributed by atoms with Gasteiger partial charge < -0.3 is 5.32 Å². The number of halogens is 2. The lowest BCUT2D eigenvalue weighted by Gasteiger charge is -2.16. The van der Waals surface area contributed by atoms with Crippen LogP contribution in [0.5, 0.6) is 0 Å². The van der Waals surface area contributed by atoms with Gasteiger partial charge in [0.05, 0.1) is 23.3 Å². The van der Waals surface area contributed by atoms with E-state index in [2.05, 4.69) is 20.9 Å². The maximum absolute atomic E-state index is 12.9. The molecule has 6 aromatic rings. The monoisotopic (exact) mass is 587 g/mol. The maximum atomic E-state index is 12.9. The molecule has 4 aromatic heterocycles. The minimum atomic E-state index is -2.68. The number of imidazole rings is 1. The molecular formula is C34H27F2N7O. The molecule has 218 valence electrons. The van der Waals surface area contributed by atoms with Gasteiger partial charge in [-0.05, 0) is 79.3 Å². The van der Waals surface area contributed by atoms with Gasteiger partial charge in [0.2, 0.25) is 0 Å². The molecule has 1 N–H and O–H groups in total. The Labute approximate surface area is 251 Å². The molecule has 1 saturated carbocycles. The van der Waals surface area contributed by atoms with Crippen LogP contribution in [0.1, 0.15) is 65.0 Å². The Morgan fingerprint density at radius 1 is 0.909 bits per heavy atom. The number of carbonyl (C=O) groups excluding carboxylic acids is 1. The smallest absolute Gasteiger partial charge is 0.280 e. The van der Waals surface area contributed by atoms with Crippen molar-refractivity contribution in [2.24, 2.45) is 0 Å². The summed E-state index contributed by atoms with van der Waals surface area (Å²) in [5, 5.41) is 7.84. The fourth-order valence-corrected chi connectivity index (χ4v) is 5.95. The van der Waals surface area contributed by atoms with Crippen LogP contribution in [-0.2, 0) is 6.42 Å². The lowest BCUT2D eigenvalue weighted by atomic mass is 10.1. The van der Waals surface area contributed by atoms with Gasteiger partial charge in [-0.1, -0.05) is 36.4 Å². The van der Waals surface area contributed by atoms with Crippen LogP contribution in [0.2, 0.25) is 0 Å². The van der Waals surface area contributed by atoms with E-state index in [1.165, 1.54) is 18.3 Å². The van der Waals surface area contributed by atoms with Gasteiger partial charge >= 0.3 is 0 Å². The Morgan fingerprint density at radius 3 is 2.55 bits per heavy atom. The third-order valence-corrected chi connectivity index (χ3v) is 8.37. The van der Waals surface area contributed by atoms with Crippen molar-refractivity contribution in [1.29, 1.82) is 0 Å². The van der Waals surface area contributed by atoms with Crippen molar-refractivity contribution in [1.82, 2.24) is 34.6 Å². The van der Waals surface area contributed by atoms with Crippen molar-refractivity contribution in [3.63, 3.8) is 0 Å². The third kappa shape index (κ3) is 4.72. The van der Waals surface area contributed by atoms with Crippen LogP contribution >= 0.6 is 0 Å². The quantitative estimate of drug-likeness (QED) is 0.217. The van der Waals surface area contributed by atoms with E-state index in [-0.39, 0.29) is 23.2 Å². The van der Waals surface area contributed by atoms with E-state index in [1.54, 1.807) is 0 Å². The summed E-state index contributed by atoms with van der Waals surface area (Å²) in [5.41, 5.74) is 7.10. The van der Waals surface area contributed by atoms with Crippen molar-refractivity contribution < 1.29 is 13.6 Å². The van der Waals surface area contributed by atoms with Crippen LogP contribution in [0.4, 0.5) is 8.78 Å². The predicted octanol–water partition coefficient (Wildman–Crippen LogP) is 7.04. The van der Waals surface area contributed by atoms with Crippen LogP contribution in [0, 0.1) is 0 Å². The molecule has 2 aliphatic rings. The first-order chi connectivity index (χ1) is 21.5. The van der Waals surface area contributed by atoms with Gasteiger partial charge in [0, 0.05) is 23.6 Å². The second kappa shape index (κ2) is 10.5. The highest BCUT2D eigenvalue weighted by atomic mass is 19.3. The number of nitrogens with one attached hydrogen (secondary N) is 1. The van der Waals surface area contributed by atoms with E-state index in [0.717, 1.165) is 76.4 Å². The molecule has 4 heterocycles. The van der Waals surface area contributed by atoms with Crippen molar-refractivity contribution in [2.45, 2.75) is 44.2 Å². The summed E-state index contributed by atoms with van der Waals surface area (Å²) in [7, 11) is 0. The van der Waals surface area contributed by atoms with E-state index < -0.39 is 6.43 Å². The van der Waals surface area contributed by atoms with Gasteiger partial charge in [-0.3, -0.25) is 19.0 Å². The van der Waals surface area contributed by atoms with Crippen molar-refractivity contribution in [2.75, 3.05) is 0 Å². The number of aryl methyl sites for hydroxylation is 1. The molecule has 8 nitrogen and oxygen atoms in total. The first-order valence-corrected chi connectivity index (χ1v) is 14.7. The molecule has 0 saturated heterocycles. The summed E-state index contributed by atoms with van der Waals surface area (Å²) in [5.74, 6) is 0.448. The number of carbonyl (C=O) groups is 1. The van der Waals surface area contributed by atoms with Gasteiger partial charge in [0.25, 0.3) is 12.3 Å². The fourth-order valence-electron chi connectivity index (χ4n) is 5.95. The van der Waals surface area contributed by atoms with Crippen molar-refractivity contribution >= 4 is 17.1 Å². The second-order valence-corrected chi connectivity index (χ2v) is 11.3. The summed E-state index contributed by atoms with van der Waals surface area (Å²) >= 11 is 0. The molecule has 0 radical (unpaired) electrons. The molecule has 0 aliphatic heterocycles. The third-order valence-electron chi connectivity index (χ3n) is 8.37. The molecule has 0 unspecified atom stereocenters. The van der Waals surface area contributed by atoms with Crippen LogP contribution in [-0.4, -0.2) is 35.2 Å². The predicted molar refractivity (Wildman–Crippen MR) is 162 cm³/mol. The number of alkyl halides is 2. The number of pyridine rings is 2. The van der Waals surface area contributed by atoms with Gasteiger partial charge in [-0.25, -0.2) is 18.7 Å². The molecule has 1 fully saturated rings. The number of amides is 1. The number of aromatic nitrogens is 6. The lowest BCUT2D eigenvalue weighted by Crippen LogP contribution is -2.27. The zero-order valence-electron chi connectivity index (χ0n) is 23.6. The highest BCUT2D eigenvalue weighted by molar-refractivity contribution is 5.94. The zero-order valence-corrected chi connectivity index (χ0v) is 23.6. The summed E-state index contributed by atoms with van der Waals surface area (Å²) in [6, 6.07) is 25.1. The van der Waals surface area contributed by atoms with E-state index in [1.807, 2.05) is 71.5 Å². The van der Waals surface area contributed by atoms with Crippen LogP contribution in [0.3, 0.4) is 0 Å². The van der Waals surface area contributed by atoms with Gasteiger partial charge in [-0.2, -0.15) is 5.10 Å². The Kier molecular flexibility index (Phi) is 6.28. The molecule has 2 aromatic carbocycles. The van der Waals surface area contributed by atoms with Gasteiger partial charge in [-0.15, -0.1) is 0 Å². The highest BCUT2D eigenvalue weighted by Gasteiger charge is 2.27. The van der Waals surface area contributed by atoms with Crippen LogP contribution in [0.25, 0.3) is 39.6 Å². The Balaban J connectivity index is 1.15. The molecular weight excluding hydrogens is 560 g/mol. The Hall–Kier alpha value is -5.25. The van der Waals surface area contributed by atoms with Gasteiger partial charge in [0.15, 0.2) is 5.65 Å². The normalized spacial score (nSPS) is 16.0. The average molecular weight is 588 g/mol. The largest absolute Gasteiger partial charge is 0.345 e. The number of nitrogens with zero attached hydrogens (tertiary/aromatic N) is 6. The molecule has 2 aliphatic carbocycles. The topological polar surface area (TPSA) is 90.5 Å². The van der Waals surface area contributed by atoms with E-state index >= 15 is 0 Å². The van der Waals surface area contributed by atoms with Crippen molar-refractivity contribution in [3.05, 3.63) is 114 Å². The van der Waals surface area contributed by atoms with Crippen molar-refractivity contribution in [3.8, 4) is 28.5 Å². The zero-order chi connectivity index (χ0) is 29.8. The summed E-state index contributed by atoms with van der Waals surface area (Å²) in [6.07, 6.45) is 4.38. The van der Waals surface area contributed by atoms with E-state index in [9.17, 15) is 13.6 Å². The fraction of sp³-hybridized carbons (Fsp3) is 0.206. The summed E-state index contributed by atoms with van der Waals surface area (Å²) in [4.78, 5) is 26.7. The minimum Gasteiger partial charge on any atom is -0.345 e. The minimum absolute atomic E-state index is 0.194. The number of hydrogen-bond donors (Lipinski definition) is 1. The highest BCUT2D eigenvalue weighted by Crippen LogP contribution is 2.37. The second-order valence-electron chi connectivity index (χ2n) is 11.3. The molecule has 1 atom stereocenters.